The number of nitrogens with one attached hydrogen (secondary N) is 2. The van der Waals surface area contributed by atoms with Crippen LogP contribution in [0.1, 0.15) is 33.1 Å². The van der Waals surface area contributed by atoms with Crippen LogP contribution in [0.25, 0.3) is 0 Å². The van der Waals surface area contributed by atoms with Gasteiger partial charge in [-0.05, 0) is 90.0 Å². The van der Waals surface area contributed by atoms with E-state index in [0.717, 1.165) is 37.0 Å². The molecule has 1 saturated heterocycles. The maximum absolute atomic E-state index is 12.5. The van der Waals surface area contributed by atoms with Crippen LogP contribution in [0.5, 0.6) is 5.75 Å². The van der Waals surface area contributed by atoms with Crippen molar-refractivity contribution >= 4 is 24.0 Å². The number of nitrogens with zero attached hydrogens (tertiary/aromatic N) is 1. The standard InChI is InChI=1S/C19H31N3O2.ClH/c1-4-24-18-7-5-17(6-8-18)21-19(23)15(2)22-13-10-16(11-14-22)9-12-20-3;/h5-8,15-16,20H,4,9-14H2,1-3H3,(H,21,23);1H. The third-order valence-electron chi connectivity index (χ3n) is 4.81. The topological polar surface area (TPSA) is 53.6 Å². The molecule has 1 aliphatic rings. The number of hydrogen-bond acceptors (Lipinski definition) is 4. The van der Waals surface area contributed by atoms with Gasteiger partial charge in [-0.1, -0.05) is 0 Å². The van der Waals surface area contributed by atoms with E-state index >= 15 is 0 Å². The maximum Gasteiger partial charge on any atom is 0.241 e. The van der Waals surface area contributed by atoms with E-state index in [1.54, 1.807) is 0 Å². The Balaban J connectivity index is 0.00000312. The lowest BCUT2D eigenvalue weighted by molar-refractivity contribution is -0.121. The number of rotatable bonds is 8. The lowest BCUT2D eigenvalue weighted by atomic mass is 9.93. The number of amides is 1. The van der Waals surface area contributed by atoms with Crippen LogP contribution in [0.4, 0.5) is 5.69 Å². The minimum absolute atomic E-state index is 0. The van der Waals surface area contributed by atoms with E-state index in [9.17, 15) is 4.79 Å². The number of hydrogen-bond donors (Lipinski definition) is 2. The molecule has 0 radical (unpaired) electrons. The summed E-state index contributed by atoms with van der Waals surface area (Å²) in [5.74, 6) is 1.68. The van der Waals surface area contributed by atoms with Gasteiger partial charge in [0, 0.05) is 5.69 Å². The van der Waals surface area contributed by atoms with Crippen molar-refractivity contribution in [1.29, 1.82) is 0 Å². The van der Waals surface area contributed by atoms with Gasteiger partial charge in [0.15, 0.2) is 0 Å². The van der Waals surface area contributed by atoms with Gasteiger partial charge in [0.1, 0.15) is 5.75 Å². The van der Waals surface area contributed by atoms with Gasteiger partial charge in [0.25, 0.3) is 0 Å². The van der Waals surface area contributed by atoms with Gasteiger partial charge in [-0.2, -0.15) is 0 Å². The summed E-state index contributed by atoms with van der Waals surface area (Å²) in [6.07, 6.45) is 3.60. The largest absolute Gasteiger partial charge is 0.494 e. The average Bonchev–Trinajstić information content (AvgIpc) is 2.61. The van der Waals surface area contributed by atoms with Crippen LogP contribution in [0, 0.1) is 5.92 Å². The lowest BCUT2D eigenvalue weighted by Crippen LogP contribution is -2.46. The number of ether oxygens (including phenoxy) is 1. The average molecular weight is 370 g/mol. The smallest absolute Gasteiger partial charge is 0.241 e. The zero-order chi connectivity index (χ0) is 17.4. The van der Waals surface area contributed by atoms with E-state index in [4.69, 9.17) is 4.74 Å². The maximum atomic E-state index is 12.5. The van der Waals surface area contributed by atoms with Crippen LogP contribution < -0.4 is 15.4 Å². The van der Waals surface area contributed by atoms with Crippen LogP contribution >= 0.6 is 12.4 Å². The van der Waals surface area contributed by atoms with Gasteiger partial charge >= 0.3 is 0 Å². The van der Waals surface area contributed by atoms with Crippen molar-refractivity contribution in [2.45, 2.75) is 39.2 Å². The summed E-state index contributed by atoms with van der Waals surface area (Å²) in [4.78, 5) is 14.8. The molecule has 6 heteroatoms. The highest BCUT2D eigenvalue weighted by Crippen LogP contribution is 2.22. The van der Waals surface area contributed by atoms with Crippen LogP contribution in [0.3, 0.4) is 0 Å². The molecule has 0 aliphatic carbocycles. The molecule has 5 nitrogen and oxygen atoms in total. The summed E-state index contributed by atoms with van der Waals surface area (Å²) in [5.41, 5.74) is 0.819. The number of carbonyl (C=O) groups excluding carboxylic acids is 1. The molecule has 1 atom stereocenters. The second kappa shape index (κ2) is 11.3. The molecule has 1 aromatic carbocycles. The van der Waals surface area contributed by atoms with Crippen molar-refractivity contribution in [3.8, 4) is 5.75 Å². The first kappa shape index (κ1) is 21.7. The Kier molecular flexibility index (Phi) is 9.86. The molecular formula is C19H32ClN3O2. The van der Waals surface area contributed by atoms with Gasteiger partial charge in [0.05, 0.1) is 12.6 Å². The Bertz CT molecular complexity index is 502. The highest BCUT2D eigenvalue weighted by Gasteiger charge is 2.26. The molecule has 2 rings (SSSR count). The summed E-state index contributed by atoms with van der Waals surface area (Å²) in [6, 6.07) is 7.45. The minimum atomic E-state index is -0.0955. The second-order valence-corrected chi connectivity index (χ2v) is 6.49. The molecule has 0 spiro atoms. The van der Waals surface area contributed by atoms with Crippen molar-refractivity contribution in [3.63, 3.8) is 0 Å². The number of carbonyl (C=O) groups is 1. The number of piperidine rings is 1. The van der Waals surface area contributed by atoms with Crippen molar-refractivity contribution in [2.24, 2.45) is 5.92 Å². The highest BCUT2D eigenvalue weighted by atomic mass is 35.5. The van der Waals surface area contributed by atoms with E-state index in [1.807, 2.05) is 45.2 Å². The summed E-state index contributed by atoms with van der Waals surface area (Å²) >= 11 is 0. The molecule has 0 saturated carbocycles. The second-order valence-electron chi connectivity index (χ2n) is 6.49. The molecule has 1 unspecified atom stereocenters. The Morgan fingerprint density at radius 2 is 1.92 bits per heavy atom. The van der Waals surface area contributed by atoms with E-state index in [2.05, 4.69) is 15.5 Å². The number of likely N-dealkylation sites (tertiary alicyclic amines) is 1. The fourth-order valence-electron chi connectivity index (χ4n) is 3.19. The number of anilines is 1. The van der Waals surface area contributed by atoms with Crippen molar-refractivity contribution < 1.29 is 9.53 Å². The van der Waals surface area contributed by atoms with Crippen LogP contribution in [0.2, 0.25) is 0 Å². The quantitative estimate of drug-likeness (QED) is 0.739. The summed E-state index contributed by atoms with van der Waals surface area (Å²) in [5, 5.41) is 6.23. The Morgan fingerprint density at radius 1 is 1.28 bits per heavy atom. The van der Waals surface area contributed by atoms with Crippen LogP contribution in [0.15, 0.2) is 24.3 Å². The zero-order valence-electron chi connectivity index (χ0n) is 15.6. The van der Waals surface area contributed by atoms with Crippen molar-refractivity contribution in [2.75, 3.05) is 38.6 Å². The third-order valence-corrected chi connectivity index (χ3v) is 4.81. The molecular weight excluding hydrogens is 338 g/mol. The summed E-state index contributed by atoms with van der Waals surface area (Å²) in [7, 11) is 2.00. The first-order chi connectivity index (χ1) is 11.6. The first-order valence-corrected chi connectivity index (χ1v) is 9.06. The molecule has 25 heavy (non-hydrogen) atoms. The predicted octanol–water partition coefficient (Wildman–Crippen LogP) is 3.16. The molecule has 1 fully saturated rings. The van der Waals surface area contributed by atoms with Gasteiger partial charge in [0.2, 0.25) is 5.91 Å². The Hall–Kier alpha value is -1.30. The Morgan fingerprint density at radius 3 is 2.48 bits per heavy atom. The molecule has 1 aliphatic heterocycles. The highest BCUT2D eigenvalue weighted by molar-refractivity contribution is 5.94. The van der Waals surface area contributed by atoms with Crippen molar-refractivity contribution in [3.05, 3.63) is 24.3 Å². The molecule has 1 aromatic rings. The molecule has 1 heterocycles. The third kappa shape index (κ3) is 6.84. The van der Waals surface area contributed by atoms with Crippen LogP contribution in [-0.4, -0.2) is 50.1 Å². The monoisotopic (exact) mass is 369 g/mol. The van der Waals surface area contributed by atoms with E-state index in [-0.39, 0.29) is 24.4 Å². The molecule has 142 valence electrons. The normalized spacial score (nSPS) is 16.8. The molecule has 2 N–H and O–H groups in total. The lowest BCUT2D eigenvalue weighted by Gasteiger charge is -2.35. The van der Waals surface area contributed by atoms with E-state index < -0.39 is 0 Å². The molecule has 1 amide bonds. The fourth-order valence-corrected chi connectivity index (χ4v) is 3.19. The zero-order valence-corrected chi connectivity index (χ0v) is 16.4. The molecule has 0 bridgehead atoms. The summed E-state index contributed by atoms with van der Waals surface area (Å²) < 4.78 is 5.42. The minimum Gasteiger partial charge on any atom is -0.494 e. The van der Waals surface area contributed by atoms with E-state index in [0.29, 0.717) is 6.61 Å². The first-order valence-electron chi connectivity index (χ1n) is 9.06. The fraction of sp³-hybridized carbons (Fsp3) is 0.632. The van der Waals surface area contributed by atoms with Gasteiger partial charge in [-0.3, -0.25) is 9.69 Å². The van der Waals surface area contributed by atoms with Gasteiger partial charge in [-0.25, -0.2) is 0 Å². The Labute approximate surface area is 157 Å². The number of halogens is 1. The summed E-state index contributed by atoms with van der Waals surface area (Å²) in [6.45, 7) is 7.70. The number of benzene rings is 1. The molecule has 0 aromatic heterocycles. The van der Waals surface area contributed by atoms with E-state index in [1.165, 1.54) is 19.3 Å². The van der Waals surface area contributed by atoms with Gasteiger partial charge in [-0.15, -0.1) is 12.4 Å². The van der Waals surface area contributed by atoms with Crippen molar-refractivity contribution in [1.82, 2.24) is 10.2 Å². The SMILES string of the molecule is CCOc1ccc(NC(=O)C(C)N2CCC(CCNC)CC2)cc1.Cl. The predicted molar refractivity (Wildman–Crippen MR) is 106 cm³/mol. The van der Waals surface area contributed by atoms with Crippen LogP contribution in [-0.2, 0) is 4.79 Å². The van der Waals surface area contributed by atoms with Gasteiger partial charge < -0.3 is 15.4 Å².